The maximum Gasteiger partial charge on any atom is 0.314 e. The molecule has 4 saturated carbocycles. The minimum atomic E-state index is -0.752. The molecule has 1 N–H and O–H groups in total. The number of rotatable bonds is 2. The molecule has 0 amide bonds. The molecule has 0 saturated heterocycles. The number of hydrogen-bond acceptors (Lipinski definition) is 3. The summed E-state index contributed by atoms with van der Waals surface area (Å²) >= 11 is 0. The highest BCUT2D eigenvalue weighted by atomic mass is 16.5. The second kappa shape index (κ2) is 7.85. The van der Waals surface area contributed by atoms with Crippen molar-refractivity contribution in [3.8, 4) is 0 Å². The Hall–Kier alpha value is -1.32. The van der Waals surface area contributed by atoms with Crippen LogP contribution in [0, 0.1) is 50.2 Å². The van der Waals surface area contributed by atoms with Crippen LogP contribution in [0.1, 0.15) is 120 Å². The first kappa shape index (κ1) is 26.3. The van der Waals surface area contributed by atoms with Crippen molar-refractivity contribution < 1.29 is 19.4 Å². The van der Waals surface area contributed by atoms with Gasteiger partial charge in [-0.2, -0.15) is 0 Å². The van der Waals surface area contributed by atoms with Gasteiger partial charge in [0.15, 0.2) is 0 Å². The lowest BCUT2D eigenvalue weighted by Gasteiger charge is -2.70. The average Bonchev–Trinajstić information content (AvgIpc) is 2.75. The summed E-state index contributed by atoms with van der Waals surface area (Å²) in [4.78, 5) is 25.5. The summed E-state index contributed by atoms with van der Waals surface area (Å²) in [5.74, 6) is 0.381. The molecule has 0 unspecified atom stereocenters. The molecule has 0 spiro atoms. The number of carbonyl (C=O) groups excluding carboxylic acids is 1. The van der Waals surface area contributed by atoms with Crippen LogP contribution >= 0.6 is 0 Å². The Morgan fingerprint density at radius 1 is 0.889 bits per heavy atom. The maximum absolute atomic E-state index is 13.6. The van der Waals surface area contributed by atoms with E-state index in [9.17, 15) is 14.7 Å². The number of carbonyl (C=O) groups is 2. The second-order valence-electron chi connectivity index (χ2n) is 15.7. The molecule has 4 nitrogen and oxygen atoms in total. The molecule has 4 fully saturated rings. The van der Waals surface area contributed by atoms with Crippen LogP contribution in [0.3, 0.4) is 0 Å². The van der Waals surface area contributed by atoms with E-state index in [1.165, 1.54) is 25.3 Å². The van der Waals surface area contributed by atoms with Gasteiger partial charge in [-0.1, -0.05) is 60.1 Å². The van der Waals surface area contributed by atoms with Gasteiger partial charge in [0.05, 0.1) is 5.41 Å². The summed E-state index contributed by atoms with van der Waals surface area (Å²) in [5.41, 5.74) is 0.732. The zero-order chi connectivity index (χ0) is 26.5. The van der Waals surface area contributed by atoms with Gasteiger partial charge in [0, 0.05) is 12.3 Å². The van der Waals surface area contributed by atoms with Crippen molar-refractivity contribution in [1.82, 2.24) is 0 Å². The molecule has 0 heterocycles. The number of fused-ring (bicyclic) bond motifs is 7. The summed E-state index contributed by atoms with van der Waals surface area (Å²) < 4.78 is 5.85. The van der Waals surface area contributed by atoms with Gasteiger partial charge in [0.1, 0.15) is 6.10 Å². The van der Waals surface area contributed by atoms with E-state index < -0.39 is 11.4 Å². The number of carboxylic acids is 1. The molecular weight excluding hydrogens is 448 g/mol. The zero-order valence-corrected chi connectivity index (χ0v) is 24.1. The lowest BCUT2D eigenvalue weighted by molar-refractivity contribution is -0.219. The molecule has 0 aromatic heterocycles. The van der Waals surface area contributed by atoms with Crippen LogP contribution in [0.4, 0.5) is 0 Å². The van der Waals surface area contributed by atoms with Crippen LogP contribution < -0.4 is 0 Å². The molecule has 8 atom stereocenters. The molecular formula is C32H50O4. The van der Waals surface area contributed by atoms with Crippen LogP contribution in [-0.4, -0.2) is 23.1 Å². The molecule has 0 aromatic carbocycles. The monoisotopic (exact) mass is 498 g/mol. The predicted molar refractivity (Wildman–Crippen MR) is 142 cm³/mol. The Kier molecular flexibility index (Phi) is 5.74. The minimum absolute atomic E-state index is 0.0458. The van der Waals surface area contributed by atoms with Gasteiger partial charge in [-0.3, -0.25) is 9.59 Å². The number of hydrogen-bond donors (Lipinski definition) is 1. The van der Waals surface area contributed by atoms with Crippen LogP contribution in [0.15, 0.2) is 11.6 Å². The third-order valence-corrected chi connectivity index (χ3v) is 13.1. The van der Waals surface area contributed by atoms with Gasteiger partial charge >= 0.3 is 11.9 Å². The molecule has 0 bridgehead atoms. The first-order valence-corrected chi connectivity index (χ1v) is 14.6. The van der Waals surface area contributed by atoms with Gasteiger partial charge < -0.3 is 9.84 Å². The number of ether oxygens (including phenoxy) is 1. The van der Waals surface area contributed by atoms with Crippen LogP contribution in [0.2, 0.25) is 0 Å². The van der Waals surface area contributed by atoms with Crippen molar-refractivity contribution >= 4 is 11.9 Å². The van der Waals surface area contributed by atoms with Crippen molar-refractivity contribution in [2.24, 2.45) is 50.2 Å². The van der Waals surface area contributed by atoms with Crippen LogP contribution in [0.5, 0.6) is 0 Å². The quantitative estimate of drug-likeness (QED) is 0.311. The van der Waals surface area contributed by atoms with Crippen LogP contribution in [0.25, 0.3) is 0 Å². The fourth-order valence-electron chi connectivity index (χ4n) is 11.0. The Morgan fingerprint density at radius 3 is 2.19 bits per heavy atom. The van der Waals surface area contributed by atoms with Crippen molar-refractivity contribution in [3.63, 3.8) is 0 Å². The largest absolute Gasteiger partial charge is 0.481 e. The standard InChI is InChI=1S/C32H50O4/c1-20(33)36-25-12-13-30(7)23(28(25,4)5)11-14-31(8)24(30)10-9-21-22-19-27(2,3)15-16-29(22,6)17-18-32(21,31)26(34)35/h9,22-25H,10-19H2,1-8H3,(H,34,35)/t22-,23+,24-,25-,29+,30-,31+,32+/m0/s1. The fraction of sp³-hybridized carbons (Fsp3) is 0.875. The number of carboxylic acid groups (broad SMARTS) is 1. The summed E-state index contributed by atoms with van der Waals surface area (Å²) in [5, 5.41) is 11.2. The Labute approximate surface area is 219 Å². The fourth-order valence-corrected chi connectivity index (χ4v) is 11.0. The molecule has 5 rings (SSSR count). The molecule has 5 aliphatic carbocycles. The number of esters is 1. The van der Waals surface area contributed by atoms with Gasteiger partial charge in [-0.05, 0) is 104 Å². The first-order valence-electron chi connectivity index (χ1n) is 14.6. The lowest BCUT2D eigenvalue weighted by atomic mass is 9.33. The van der Waals surface area contributed by atoms with E-state index in [-0.39, 0.29) is 39.1 Å². The third-order valence-electron chi connectivity index (χ3n) is 13.1. The topological polar surface area (TPSA) is 63.6 Å². The van der Waals surface area contributed by atoms with Gasteiger partial charge in [-0.25, -0.2) is 0 Å². The Balaban J connectivity index is 1.59. The summed E-state index contributed by atoms with van der Waals surface area (Å²) in [6.45, 7) is 18.1. The normalized spacial score (nSPS) is 48.8. The van der Waals surface area contributed by atoms with Gasteiger partial charge in [-0.15, -0.1) is 0 Å². The molecule has 0 radical (unpaired) electrons. The van der Waals surface area contributed by atoms with Gasteiger partial charge in [0.25, 0.3) is 0 Å². The minimum Gasteiger partial charge on any atom is -0.481 e. The highest BCUT2D eigenvalue weighted by Gasteiger charge is 2.71. The summed E-state index contributed by atoms with van der Waals surface area (Å²) in [7, 11) is 0. The molecule has 0 aliphatic heterocycles. The van der Waals surface area contributed by atoms with E-state index in [0.717, 1.165) is 51.4 Å². The summed E-state index contributed by atoms with van der Waals surface area (Å²) in [6, 6.07) is 0. The predicted octanol–water partition coefficient (Wildman–Crippen LogP) is 7.80. The highest BCUT2D eigenvalue weighted by molar-refractivity contribution is 5.81. The molecule has 202 valence electrons. The highest BCUT2D eigenvalue weighted by Crippen LogP contribution is 2.76. The first-order chi connectivity index (χ1) is 16.5. The van der Waals surface area contributed by atoms with E-state index in [4.69, 9.17) is 4.74 Å². The smallest absolute Gasteiger partial charge is 0.314 e. The number of allylic oxidation sites excluding steroid dienone is 1. The van der Waals surface area contributed by atoms with Gasteiger partial charge in [0.2, 0.25) is 0 Å². The van der Waals surface area contributed by atoms with E-state index in [1.54, 1.807) is 0 Å². The van der Waals surface area contributed by atoms with Crippen LogP contribution in [-0.2, 0) is 14.3 Å². The average molecular weight is 499 g/mol. The van der Waals surface area contributed by atoms with E-state index >= 15 is 0 Å². The Morgan fingerprint density at radius 2 is 1.56 bits per heavy atom. The summed E-state index contributed by atoms with van der Waals surface area (Å²) in [6.07, 6.45) is 12.6. The second-order valence-corrected chi connectivity index (χ2v) is 15.7. The molecule has 5 aliphatic rings. The Bertz CT molecular complexity index is 992. The van der Waals surface area contributed by atoms with E-state index in [0.29, 0.717) is 17.8 Å². The lowest BCUT2D eigenvalue weighted by Crippen LogP contribution is -2.67. The van der Waals surface area contributed by atoms with Crippen molar-refractivity contribution in [2.45, 2.75) is 126 Å². The van der Waals surface area contributed by atoms with Crippen molar-refractivity contribution in [3.05, 3.63) is 11.6 Å². The molecule has 36 heavy (non-hydrogen) atoms. The maximum atomic E-state index is 13.6. The van der Waals surface area contributed by atoms with Crippen molar-refractivity contribution in [1.29, 1.82) is 0 Å². The number of aliphatic carboxylic acids is 1. The SMILES string of the molecule is CC(=O)O[C@H]1CC[C@@]2(C)[C@H](CC[C@]3(C)[C@H]2CC=C2[C@@H]4CC(C)(C)CC[C@]4(C)CC[C@]23C(=O)O)C1(C)C. The van der Waals surface area contributed by atoms with E-state index in [1.807, 2.05) is 0 Å². The zero-order valence-electron chi connectivity index (χ0n) is 24.1. The molecule has 4 heteroatoms. The third kappa shape index (κ3) is 3.30. The van der Waals surface area contributed by atoms with Crippen molar-refractivity contribution in [2.75, 3.05) is 0 Å². The van der Waals surface area contributed by atoms with E-state index in [2.05, 4.69) is 54.5 Å². The molecule has 0 aromatic rings.